The minimum atomic E-state index is -0.628. The van der Waals surface area contributed by atoms with E-state index in [-0.39, 0.29) is 63.1 Å². The van der Waals surface area contributed by atoms with Gasteiger partial charge in [0, 0.05) is 25.1 Å². The molecule has 0 radical (unpaired) electrons. The van der Waals surface area contributed by atoms with Gasteiger partial charge in [-0.1, -0.05) is 66.0 Å². The Hall–Kier alpha value is -2.73. The first-order valence-corrected chi connectivity index (χ1v) is 17.3. The number of alkyl halides is 2. The maximum Gasteiger partial charge on any atom is 0.339 e. The molecule has 7 nitrogen and oxygen atoms in total. The highest BCUT2D eigenvalue weighted by Crippen LogP contribution is 2.60. The summed E-state index contributed by atoms with van der Waals surface area (Å²) in [6.45, 7) is 1.54. The zero-order chi connectivity index (χ0) is 30.2. The van der Waals surface area contributed by atoms with E-state index < -0.39 is 5.97 Å². The SMILES string of the molecule is Cc1cc(Br)cc2c(C(=O)OCC(=O)c3cccs3)cc(-c3ccc(N4C(=O)C5C6CC(C(Br)C6Br)C5C4=O)cc3)nc12. The summed E-state index contributed by atoms with van der Waals surface area (Å²) in [6.07, 6.45) is 0.877. The van der Waals surface area contributed by atoms with Gasteiger partial charge in [-0.2, -0.15) is 0 Å². The van der Waals surface area contributed by atoms with Gasteiger partial charge in [0.15, 0.2) is 6.61 Å². The summed E-state index contributed by atoms with van der Waals surface area (Å²) < 4.78 is 6.25. The fourth-order valence-electron chi connectivity index (χ4n) is 6.87. The molecule has 1 saturated heterocycles. The third kappa shape index (κ3) is 4.74. The van der Waals surface area contributed by atoms with Crippen molar-refractivity contribution in [2.45, 2.75) is 23.0 Å². The highest BCUT2D eigenvalue weighted by molar-refractivity contribution is 9.12. The number of nitrogens with zero attached hydrogens (tertiary/aromatic N) is 2. The lowest BCUT2D eigenvalue weighted by atomic mass is 9.81. The van der Waals surface area contributed by atoms with Gasteiger partial charge in [0.05, 0.1) is 39.2 Å². The van der Waals surface area contributed by atoms with Crippen LogP contribution in [-0.4, -0.2) is 44.8 Å². The van der Waals surface area contributed by atoms with Crippen LogP contribution in [-0.2, 0) is 14.3 Å². The Labute approximate surface area is 276 Å². The van der Waals surface area contributed by atoms with Crippen molar-refractivity contribution in [2.75, 3.05) is 11.5 Å². The van der Waals surface area contributed by atoms with Gasteiger partial charge in [-0.05, 0) is 72.5 Å². The number of thiophene rings is 1. The second kappa shape index (κ2) is 11.0. The summed E-state index contributed by atoms with van der Waals surface area (Å²) in [4.78, 5) is 59.9. The molecule has 3 fully saturated rings. The number of ketones is 1. The van der Waals surface area contributed by atoms with Crippen molar-refractivity contribution in [1.82, 2.24) is 4.98 Å². The number of aromatic nitrogens is 1. The van der Waals surface area contributed by atoms with E-state index in [0.29, 0.717) is 32.7 Å². The molecule has 43 heavy (non-hydrogen) atoms. The largest absolute Gasteiger partial charge is 0.454 e. The Morgan fingerprint density at radius 2 is 1.67 bits per heavy atom. The number of benzene rings is 2. The number of Topliss-reactive ketones (excluding diaryl/α,β-unsaturated/α-hetero) is 1. The molecule has 6 unspecified atom stereocenters. The van der Waals surface area contributed by atoms with Crippen molar-refractivity contribution in [3.05, 3.63) is 80.5 Å². The van der Waals surface area contributed by atoms with E-state index in [0.717, 1.165) is 16.5 Å². The van der Waals surface area contributed by atoms with Crippen LogP contribution in [0.5, 0.6) is 0 Å². The lowest BCUT2D eigenvalue weighted by molar-refractivity contribution is -0.123. The summed E-state index contributed by atoms with van der Waals surface area (Å²) in [7, 11) is 0. The van der Waals surface area contributed by atoms with Crippen LogP contribution in [0.25, 0.3) is 22.2 Å². The first-order valence-electron chi connectivity index (χ1n) is 13.7. The molecule has 3 aliphatic rings. The zero-order valence-electron chi connectivity index (χ0n) is 22.6. The van der Waals surface area contributed by atoms with E-state index in [9.17, 15) is 19.2 Å². The number of fused-ring (bicyclic) bond motifs is 6. The standard InChI is InChI=1S/C32H23Br3N2O5S/c1-14-9-16(33)10-18-19(32(41)42-13-23(38)24-3-2-8-43-24)12-22(36-29(14)18)15-4-6-17(7-5-15)37-30(39)25-20-11-21(26(25)31(37)40)28(35)27(20)34/h2-10,12,20-21,25-28H,11,13H2,1H3. The lowest BCUT2D eigenvalue weighted by Gasteiger charge is -2.28. The lowest BCUT2D eigenvalue weighted by Crippen LogP contribution is -2.37. The molecule has 218 valence electrons. The Bertz CT molecular complexity index is 1800. The number of carbonyl (C=O) groups excluding carboxylic acids is 4. The summed E-state index contributed by atoms with van der Waals surface area (Å²) in [5.41, 5.74) is 3.53. The molecular formula is C32H23Br3N2O5S. The zero-order valence-corrected chi connectivity index (χ0v) is 28.2. The average Bonchev–Trinajstić information content (AvgIpc) is 3.77. The molecule has 3 heterocycles. The van der Waals surface area contributed by atoms with Crippen LogP contribution < -0.4 is 4.90 Å². The number of anilines is 1. The number of hydrogen-bond acceptors (Lipinski definition) is 7. The third-order valence-electron chi connectivity index (χ3n) is 8.83. The van der Waals surface area contributed by atoms with Gasteiger partial charge in [-0.15, -0.1) is 11.3 Å². The Morgan fingerprint density at radius 1 is 1.00 bits per heavy atom. The van der Waals surface area contributed by atoms with E-state index in [1.54, 1.807) is 47.8 Å². The predicted molar refractivity (Wildman–Crippen MR) is 175 cm³/mol. The van der Waals surface area contributed by atoms with Gasteiger partial charge in [0.1, 0.15) is 0 Å². The van der Waals surface area contributed by atoms with Gasteiger partial charge in [0.2, 0.25) is 17.6 Å². The highest BCUT2D eigenvalue weighted by atomic mass is 79.9. The number of pyridine rings is 1. The van der Waals surface area contributed by atoms with Crippen LogP contribution in [0.4, 0.5) is 5.69 Å². The molecule has 2 bridgehead atoms. The van der Waals surface area contributed by atoms with Crippen LogP contribution in [0, 0.1) is 30.6 Å². The molecule has 6 atom stereocenters. The highest BCUT2D eigenvalue weighted by Gasteiger charge is 2.66. The molecule has 2 saturated carbocycles. The molecule has 11 heteroatoms. The number of hydrogen-bond donors (Lipinski definition) is 0. The summed E-state index contributed by atoms with van der Waals surface area (Å²) in [6, 6.07) is 16.0. The number of halogens is 3. The minimum absolute atomic E-state index is 0.133. The van der Waals surface area contributed by atoms with E-state index >= 15 is 0 Å². The second-order valence-electron chi connectivity index (χ2n) is 11.2. The van der Waals surface area contributed by atoms with Crippen LogP contribution >= 0.6 is 59.1 Å². The fourth-order valence-corrected chi connectivity index (χ4v) is 9.97. The summed E-state index contributed by atoms with van der Waals surface area (Å²) >= 11 is 12.3. The van der Waals surface area contributed by atoms with Crippen LogP contribution in [0.15, 0.2) is 64.5 Å². The quantitative estimate of drug-likeness (QED) is 0.0879. The number of ether oxygens (including phenoxy) is 1. The molecule has 2 aromatic heterocycles. The number of imide groups is 1. The first-order chi connectivity index (χ1) is 20.6. The topological polar surface area (TPSA) is 93.6 Å². The number of esters is 1. The average molecular weight is 787 g/mol. The molecule has 2 amide bonds. The number of carbonyl (C=O) groups is 4. The monoisotopic (exact) mass is 784 g/mol. The van der Waals surface area contributed by atoms with Crippen LogP contribution in [0.3, 0.4) is 0 Å². The van der Waals surface area contributed by atoms with Crippen molar-refractivity contribution >= 4 is 99.3 Å². The van der Waals surface area contributed by atoms with E-state index in [1.165, 1.54) is 16.2 Å². The maximum absolute atomic E-state index is 13.5. The minimum Gasteiger partial charge on any atom is -0.454 e. The molecule has 0 spiro atoms. The van der Waals surface area contributed by atoms with Crippen molar-refractivity contribution in [1.29, 1.82) is 0 Å². The van der Waals surface area contributed by atoms with Crippen LogP contribution in [0.1, 0.15) is 32.0 Å². The molecule has 0 N–H and O–H groups in total. The second-order valence-corrected chi connectivity index (χ2v) is 15.2. The Balaban J connectivity index is 1.20. The first kappa shape index (κ1) is 29.0. The number of aryl methyl sites for hydroxylation is 1. The smallest absolute Gasteiger partial charge is 0.339 e. The van der Waals surface area contributed by atoms with E-state index in [1.807, 2.05) is 19.1 Å². The van der Waals surface area contributed by atoms with Gasteiger partial charge in [-0.25, -0.2) is 9.78 Å². The molecular weight excluding hydrogens is 764 g/mol. The van der Waals surface area contributed by atoms with E-state index in [4.69, 9.17) is 9.72 Å². The summed E-state index contributed by atoms with van der Waals surface area (Å²) in [5, 5.41) is 2.40. The Morgan fingerprint density at radius 3 is 2.30 bits per heavy atom. The third-order valence-corrected chi connectivity index (χ3v) is 13.4. The van der Waals surface area contributed by atoms with Gasteiger partial charge in [0.25, 0.3) is 0 Å². The number of rotatable bonds is 6. The van der Waals surface area contributed by atoms with Gasteiger partial charge >= 0.3 is 5.97 Å². The molecule has 2 aliphatic carbocycles. The molecule has 7 rings (SSSR count). The fraction of sp³-hybridized carbons (Fsp3) is 0.281. The van der Waals surface area contributed by atoms with Crippen molar-refractivity contribution in [3.8, 4) is 11.3 Å². The van der Waals surface area contributed by atoms with Gasteiger partial charge in [-0.3, -0.25) is 19.3 Å². The molecule has 4 aromatic rings. The maximum atomic E-state index is 13.5. The van der Waals surface area contributed by atoms with Crippen molar-refractivity contribution < 1.29 is 23.9 Å². The van der Waals surface area contributed by atoms with Crippen molar-refractivity contribution in [3.63, 3.8) is 0 Å². The van der Waals surface area contributed by atoms with Gasteiger partial charge < -0.3 is 4.74 Å². The van der Waals surface area contributed by atoms with Crippen molar-refractivity contribution in [2.24, 2.45) is 23.7 Å². The predicted octanol–water partition coefficient (Wildman–Crippen LogP) is 7.36. The normalized spacial score (nSPS) is 25.9. The molecule has 1 aliphatic heterocycles. The Kier molecular flexibility index (Phi) is 7.43. The number of amides is 2. The molecule has 2 aromatic carbocycles. The van der Waals surface area contributed by atoms with E-state index in [2.05, 4.69) is 47.8 Å². The van der Waals surface area contributed by atoms with Crippen LogP contribution in [0.2, 0.25) is 0 Å². The summed E-state index contributed by atoms with van der Waals surface area (Å²) in [5.74, 6) is -1.46.